The standard InChI is InChI=1S/C20H24N2O2/c23-19-10-17-12-21-11-16(17)9-18(19)22-20(24)8-13-5-6-14-3-1-2-4-15(14)7-13/h1-7,16-19,21,23H,8-12H2,(H,22,24)/t16-,17+,18-,19-/m0/s1. The van der Waals surface area contributed by atoms with Gasteiger partial charge in [-0.2, -0.15) is 0 Å². The minimum absolute atomic E-state index is 0.00117. The highest BCUT2D eigenvalue weighted by Gasteiger charge is 2.39. The summed E-state index contributed by atoms with van der Waals surface area (Å²) in [5.74, 6) is 1.15. The zero-order valence-corrected chi connectivity index (χ0v) is 13.7. The summed E-state index contributed by atoms with van der Waals surface area (Å²) < 4.78 is 0. The van der Waals surface area contributed by atoms with Crippen molar-refractivity contribution in [1.29, 1.82) is 0 Å². The van der Waals surface area contributed by atoms with Crippen molar-refractivity contribution in [1.82, 2.24) is 10.6 Å². The van der Waals surface area contributed by atoms with Gasteiger partial charge in [0.2, 0.25) is 5.91 Å². The highest BCUT2D eigenvalue weighted by Crippen LogP contribution is 2.32. The van der Waals surface area contributed by atoms with Gasteiger partial charge in [-0.3, -0.25) is 4.79 Å². The lowest BCUT2D eigenvalue weighted by Gasteiger charge is -2.35. The van der Waals surface area contributed by atoms with E-state index in [1.807, 2.05) is 18.2 Å². The van der Waals surface area contributed by atoms with Crippen LogP contribution < -0.4 is 10.6 Å². The van der Waals surface area contributed by atoms with Crippen molar-refractivity contribution in [2.45, 2.75) is 31.4 Å². The second-order valence-electron chi connectivity index (χ2n) is 7.25. The van der Waals surface area contributed by atoms with E-state index in [-0.39, 0.29) is 11.9 Å². The van der Waals surface area contributed by atoms with Crippen LogP contribution in [0.5, 0.6) is 0 Å². The minimum atomic E-state index is -0.424. The summed E-state index contributed by atoms with van der Waals surface area (Å²) in [7, 11) is 0. The maximum Gasteiger partial charge on any atom is 0.224 e. The highest BCUT2D eigenvalue weighted by molar-refractivity contribution is 5.85. The van der Waals surface area contributed by atoms with Gasteiger partial charge in [0.05, 0.1) is 18.6 Å². The number of hydrogen-bond acceptors (Lipinski definition) is 3. The normalized spacial score (nSPS) is 29.4. The van der Waals surface area contributed by atoms with Crippen LogP contribution in [0.2, 0.25) is 0 Å². The number of benzene rings is 2. The predicted molar refractivity (Wildman–Crippen MR) is 94.7 cm³/mol. The van der Waals surface area contributed by atoms with E-state index < -0.39 is 6.10 Å². The zero-order valence-electron chi connectivity index (χ0n) is 13.7. The molecule has 2 aromatic rings. The zero-order chi connectivity index (χ0) is 16.5. The molecule has 0 bridgehead atoms. The van der Waals surface area contributed by atoms with Gasteiger partial charge >= 0.3 is 0 Å². The van der Waals surface area contributed by atoms with Crippen molar-refractivity contribution >= 4 is 16.7 Å². The number of carbonyl (C=O) groups is 1. The Morgan fingerprint density at radius 1 is 1.08 bits per heavy atom. The summed E-state index contributed by atoms with van der Waals surface area (Å²) >= 11 is 0. The van der Waals surface area contributed by atoms with Gasteiger partial charge in [0.1, 0.15) is 0 Å². The molecule has 3 N–H and O–H groups in total. The molecule has 2 aliphatic rings. The lowest BCUT2D eigenvalue weighted by Crippen LogP contribution is -2.49. The summed E-state index contributed by atoms with van der Waals surface area (Å²) in [5, 5.41) is 19.1. The van der Waals surface area contributed by atoms with E-state index in [2.05, 4.69) is 34.9 Å². The van der Waals surface area contributed by atoms with Crippen LogP contribution in [-0.2, 0) is 11.2 Å². The Morgan fingerprint density at radius 3 is 2.67 bits per heavy atom. The van der Waals surface area contributed by atoms with Crippen LogP contribution in [-0.4, -0.2) is 36.2 Å². The molecule has 0 aromatic heterocycles. The fraction of sp³-hybridized carbons (Fsp3) is 0.450. The van der Waals surface area contributed by atoms with Crippen molar-refractivity contribution < 1.29 is 9.90 Å². The number of fused-ring (bicyclic) bond motifs is 2. The van der Waals surface area contributed by atoms with E-state index in [0.29, 0.717) is 18.3 Å². The molecule has 4 nitrogen and oxygen atoms in total. The van der Waals surface area contributed by atoms with Crippen molar-refractivity contribution in [3.63, 3.8) is 0 Å². The van der Waals surface area contributed by atoms with Crippen LogP contribution in [0, 0.1) is 11.8 Å². The van der Waals surface area contributed by atoms with Crippen molar-refractivity contribution in [2.75, 3.05) is 13.1 Å². The van der Waals surface area contributed by atoms with Crippen LogP contribution in [0.3, 0.4) is 0 Å². The van der Waals surface area contributed by atoms with Gasteiger partial charge in [-0.15, -0.1) is 0 Å². The first kappa shape index (κ1) is 15.6. The number of aliphatic hydroxyl groups excluding tert-OH is 1. The summed E-state index contributed by atoms with van der Waals surface area (Å²) in [6, 6.07) is 14.2. The molecule has 4 atom stereocenters. The molecule has 4 rings (SSSR count). The van der Waals surface area contributed by atoms with Gasteiger partial charge in [0.15, 0.2) is 0 Å². The van der Waals surface area contributed by atoms with Crippen LogP contribution in [0.25, 0.3) is 10.8 Å². The summed E-state index contributed by atoms with van der Waals surface area (Å²) in [5.41, 5.74) is 1.01. The second kappa shape index (κ2) is 6.54. The fourth-order valence-electron chi connectivity index (χ4n) is 4.24. The maximum atomic E-state index is 12.4. The van der Waals surface area contributed by atoms with E-state index in [9.17, 15) is 9.90 Å². The second-order valence-corrected chi connectivity index (χ2v) is 7.25. The van der Waals surface area contributed by atoms with Crippen LogP contribution in [0.4, 0.5) is 0 Å². The molecule has 126 valence electrons. The van der Waals surface area contributed by atoms with Gasteiger partial charge in [-0.25, -0.2) is 0 Å². The Hall–Kier alpha value is -1.91. The third-order valence-corrected chi connectivity index (χ3v) is 5.57. The van der Waals surface area contributed by atoms with Crippen molar-refractivity contribution in [3.05, 3.63) is 48.0 Å². The molecule has 1 saturated heterocycles. The molecule has 24 heavy (non-hydrogen) atoms. The number of hydrogen-bond donors (Lipinski definition) is 3. The van der Waals surface area contributed by atoms with Crippen LogP contribution in [0.1, 0.15) is 18.4 Å². The molecule has 0 radical (unpaired) electrons. The van der Waals surface area contributed by atoms with Gasteiger partial charge in [0, 0.05) is 0 Å². The molecule has 0 unspecified atom stereocenters. The topological polar surface area (TPSA) is 61.4 Å². The molecule has 1 aliphatic heterocycles. The molecular formula is C20H24N2O2. The first-order valence-corrected chi connectivity index (χ1v) is 8.85. The molecule has 1 amide bonds. The number of aliphatic hydroxyl groups is 1. The average Bonchev–Trinajstić information content (AvgIpc) is 3.02. The van der Waals surface area contributed by atoms with E-state index in [1.54, 1.807) is 0 Å². The van der Waals surface area contributed by atoms with Crippen molar-refractivity contribution in [3.8, 4) is 0 Å². The monoisotopic (exact) mass is 324 g/mol. The maximum absolute atomic E-state index is 12.4. The number of rotatable bonds is 3. The third kappa shape index (κ3) is 3.17. The molecule has 0 spiro atoms. The van der Waals surface area contributed by atoms with Gasteiger partial charge in [-0.05, 0) is 54.1 Å². The van der Waals surface area contributed by atoms with Crippen LogP contribution >= 0.6 is 0 Å². The number of nitrogens with one attached hydrogen (secondary N) is 2. The Kier molecular flexibility index (Phi) is 4.25. The molecular weight excluding hydrogens is 300 g/mol. The number of carbonyl (C=O) groups excluding carboxylic acids is 1. The summed E-state index contributed by atoms with van der Waals surface area (Å²) in [4.78, 5) is 12.4. The molecule has 4 heteroatoms. The molecule has 1 saturated carbocycles. The predicted octanol–water partition coefficient (Wildman–Crippen LogP) is 1.86. The first-order chi connectivity index (χ1) is 11.7. The van der Waals surface area contributed by atoms with Gasteiger partial charge < -0.3 is 15.7 Å². The molecule has 1 heterocycles. The Balaban J connectivity index is 1.40. The largest absolute Gasteiger partial charge is 0.391 e. The fourth-order valence-corrected chi connectivity index (χ4v) is 4.24. The average molecular weight is 324 g/mol. The van der Waals surface area contributed by atoms with Gasteiger partial charge in [-0.1, -0.05) is 42.5 Å². The lowest BCUT2D eigenvalue weighted by atomic mass is 9.77. The number of amides is 1. The molecule has 2 aromatic carbocycles. The van der Waals surface area contributed by atoms with E-state index in [4.69, 9.17) is 0 Å². The van der Waals surface area contributed by atoms with E-state index in [0.717, 1.165) is 36.9 Å². The highest BCUT2D eigenvalue weighted by atomic mass is 16.3. The minimum Gasteiger partial charge on any atom is -0.391 e. The lowest BCUT2D eigenvalue weighted by molar-refractivity contribution is -0.122. The molecule has 1 aliphatic carbocycles. The Labute approximate surface area is 142 Å². The van der Waals surface area contributed by atoms with Crippen LogP contribution in [0.15, 0.2) is 42.5 Å². The third-order valence-electron chi connectivity index (χ3n) is 5.57. The van der Waals surface area contributed by atoms with E-state index in [1.165, 1.54) is 5.39 Å². The van der Waals surface area contributed by atoms with E-state index >= 15 is 0 Å². The first-order valence-electron chi connectivity index (χ1n) is 8.85. The van der Waals surface area contributed by atoms with Gasteiger partial charge in [0.25, 0.3) is 0 Å². The summed E-state index contributed by atoms with van der Waals surface area (Å²) in [6.07, 6.45) is 1.60. The quantitative estimate of drug-likeness (QED) is 0.807. The summed E-state index contributed by atoms with van der Waals surface area (Å²) in [6.45, 7) is 2.01. The SMILES string of the molecule is O=C(Cc1ccc2ccccc2c1)N[C@H]1C[C@H]2CNC[C@H]2C[C@@H]1O. The Bertz CT molecular complexity index is 745. The smallest absolute Gasteiger partial charge is 0.224 e. The Morgan fingerprint density at radius 2 is 1.83 bits per heavy atom. The van der Waals surface area contributed by atoms with Crippen molar-refractivity contribution in [2.24, 2.45) is 11.8 Å². The molecule has 2 fully saturated rings.